The Labute approximate surface area is 224 Å². The van der Waals surface area contributed by atoms with Crippen LogP contribution in [0.5, 0.6) is 0 Å². The maximum atomic E-state index is 12.9. The highest BCUT2D eigenvalue weighted by Crippen LogP contribution is 2.36. The molecule has 2 fully saturated rings. The second-order valence-corrected chi connectivity index (χ2v) is 11.3. The predicted octanol–water partition coefficient (Wildman–Crippen LogP) is 4.34. The van der Waals surface area contributed by atoms with E-state index in [1.54, 1.807) is 24.3 Å². The lowest BCUT2D eigenvalue weighted by molar-refractivity contribution is -0.100. The smallest absolute Gasteiger partial charge is 0.241 e. The fourth-order valence-corrected chi connectivity index (χ4v) is 6.25. The molecule has 2 aliphatic rings. The van der Waals surface area contributed by atoms with Gasteiger partial charge in [0, 0.05) is 13.0 Å². The van der Waals surface area contributed by atoms with Crippen LogP contribution in [0.2, 0.25) is 0 Å². The molecule has 0 unspecified atom stereocenters. The van der Waals surface area contributed by atoms with Crippen molar-refractivity contribution in [3.05, 3.63) is 108 Å². The molecule has 0 aliphatic carbocycles. The first-order valence-electron chi connectivity index (χ1n) is 12.8. The van der Waals surface area contributed by atoms with Crippen molar-refractivity contribution in [1.82, 2.24) is 4.72 Å². The highest BCUT2D eigenvalue weighted by atomic mass is 32.2. The van der Waals surface area contributed by atoms with Gasteiger partial charge in [-0.05, 0) is 22.8 Å². The Hall–Kier alpha value is -2.85. The molecule has 8 heteroatoms. The number of benzene rings is 3. The van der Waals surface area contributed by atoms with E-state index in [0.717, 1.165) is 11.1 Å². The van der Waals surface area contributed by atoms with E-state index in [1.165, 1.54) is 6.08 Å². The molecule has 0 radical (unpaired) electrons. The number of hydrogen-bond donors (Lipinski definition) is 1. The van der Waals surface area contributed by atoms with Crippen molar-refractivity contribution in [2.75, 3.05) is 13.2 Å². The zero-order valence-electron chi connectivity index (χ0n) is 21.1. The van der Waals surface area contributed by atoms with Crippen LogP contribution in [0.1, 0.15) is 23.1 Å². The van der Waals surface area contributed by atoms with E-state index >= 15 is 0 Å². The number of hydrogen-bond acceptors (Lipinski definition) is 6. The highest BCUT2D eigenvalue weighted by Gasteiger charge is 2.51. The Kier molecular flexibility index (Phi) is 8.68. The summed E-state index contributed by atoms with van der Waals surface area (Å²) in [4.78, 5) is 0.198. The summed E-state index contributed by atoms with van der Waals surface area (Å²) in [5, 5.41) is 0. The number of fused-ring (bicyclic) bond motifs is 1. The zero-order valence-corrected chi connectivity index (χ0v) is 22.0. The highest BCUT2D eigenvalue weighted by molar-refractivity contribution is 7.89. The number of ether oxygens (including phenoxy) is 4. The van der Waals surface area contributed by atoms with Crippen LogP contribution in [0.15, 0.2) is 96.4 Å². The standard InChI is InChI=1S/C30H33NO6S/c1-2-24-15-9-10-16-28(24)38(32,33)31-18-25-17-26-30(36-25)29(35-20-23-13-7-4-8-14-23)27(37-26)21-34-19-22-11-5-3-6-12-22/h2-16,25-27,29-31H,1,17-21H2/t25-,26-,27+,29+,30+/m0/s1. The first kappa shape index (κ1) is 26.7. The van der Waals surface area contributed by atoms with E-state index in [0.29, 0.717) is 31.8 Å². The van der Waals surface area contributed by atoms with Crippen LogP contribution in [0, 0.1) is 0 Å². The van der Waals surface area contributed by atoms with Crippen molar-refractivity contribution in [3.8, 4) is 0 Å². The number of nitrogens with one attached hydrogen (secondary N) is 1. The summed E-state index contributed by atoms with van der Waals surface area (Å²) >= 11 is 0. The fraction of sp³-hybridized carbons (Fsp3) is 0.333. The van der Waals surface area contributed by atoms with Crippen LogP contribution in [-0.2, 0) is 42.2 Å². The zero-order chi connectivity index (χ0) is 26.4. The topological polar surface area (TPSA) is 83.1 Å². The van der Waals surface area contributed by atoms with Gasteiger partial charge in [0.25, 0.3) is 0 Å². The second-order valence-electron chi connectivity index (χ2n) is 9.53. The summed E-state index contributed by atoms with van der Waals surface area (Å²) in [5.74, 6) is 0. The van der Waals surface area contributed by atoms with Gasteiger partial charge in [-0.3, -0.25) is 0 Å². The Morgan fingerprint density at radius 1 is 0.895 bits per heavy atom. The quantitative estimate of drug-likeness (QED) is 0.372. The van der Waals surface area contributed by atoms with Crippen LogP contribution in [-0.4, -0.2) is 52.1 Å². The molecule has 0 aromatic heterocycles. The van der Waals surface area contributed by atoms with Gasteiger partial charge in [0.05, 0.1) is 36.9 Å². The molecule has 38 heavy (non-hydrogen) atoms. The molecule has 7 nitrogen and oxygen atoms in total. The molecule has 1 N–H and O–H groups in total. The lowest BCUT2D eigenvalue weighted by atomic mass is 10.1. The summed E-state index contributed by atoms with van der Waals surface area (Å²) < 4.78 is 53.5. The van der Waals surface area contributed by atoms with Gasteiger partial charge in [0.1, 0.15) is 18.3 Å². The van der Waals surface area contributed by atoms with Crippen molar-refractivity contribution in [1.29, 1.82) is 0 Å². The van der Waals surface area contributed by atoms with Gasteiger partial charge >= 0.3 is 0 Å². The molecule has 2 saturated heterocycles. The lowest BCUT2D eigenvalue weighted by Crippen LogP contribution is -2.39. The molecule has 0 spiro atoms. The Bertz CT molecular complexity index is 1300. The molecule has 0 amide bonds. The van der Waals surface area contributed by atoms with Gasteiger partial charge in [-0.1, -0.05) is 91.5 Å². The van der Waals surface area contributed by atoms with Gasteiger partial charge in [0.15, 0.2) is 0 Å². The maximum Gasteiger partial charge on any atom is 0.241 e. The van der Waals surface area contributed by atoms with E-state index in [-0.39, 0.29) is 42.0 Å². The molecule has 2 aliphatic heterocycles. The van der Waals surface area contributed by atoms with E-state index in [1.807, 2.05) is 60.7 Å². The molecule has 5 atom stereocenters. The van der Waals surface area contributed by atoms with Crippen molar-refractivity contribution < 1.29 is 27.4 Å². The van der Waals surface area contributed by atoms with Crippen LogP contribution in [0.3, 0.4) is 0 Å². The van der Waals surface area contributed by atoms with Crippen molar-refractivity contribution in [2.24, 2.45) is 0 Å². The second kappa shape index (κ2) is 12.3. The Morgan fingerprint density at radius 2 is 1.55 bits per heavy atom. The molecule has 200 valence electrons. The number of sulfonamides is 1. The first-order valence-corrected chi connectivity index (χ1v) is 14.3. The Balaban J connectivity index is 1.21. The van der Waals surface area contributed by atoms with E-state index < -0.39 is 10.0 Å². The van der Waals surface area contributed by atoms with Crippen molar-refractivity contribution in [2.45, 2.75) is 55.0 Å². The Morgan fingerprint density at radius 3 is 2.26 bits per heavy atom. The fourth-order valence-electron chi connectivity index (χ4n) is 4.97. The van der Waals surface area contributed by atoms with Gasteiger partial charge in [-0.2, -0.15) is 0 Å². The van der Waals surface area contributed by atoms with Crippen LogP contribution < -0.4 is 4.72 Å². The van der Waals surface area contributed by atoms with Gasteiger partial charge in [0.2, 0.25) is 10.0 Å². The van der Waals surface area contributed by atoms with E-state index in [4.69, 9.17) is 18.9 Å². The average molecular weight is 536 g/mol. The normalized spacial score (nSPS) is 24.8. The van der Waals surface area contributed by atoms with E-state index in [9.17, 15) is 8.42 Å². The van der Waals surface area contributed by atoms with Crippen molar-refractivity contribution in [3.63, 3.8) is 0 Å². The molecule has 3 aromatic carbocycles. The molecular weight excluding hydrogens is 502 g/mol. The van der Waals surface area contributed by atoms with Crippen molar-refractivity contribution >= 4 is 16.1 Å². The third-order valence-corrected chi connectivity index (χ3v) is 8.36. The summed E-state index contributed by atoms with van der Waals surface area (Å²) in [6, 6.07) is 26.7. The molecule has 0 saturated carbocycles. The van der Waals surface area contributed by atoms with Gasteiger partial charge in [-0.15, -0.1) is 0 Å². The summed E-state index contributed by atoms with van der Waals surface area (Å²) in [7, 11) is -3.72. The summed E-state index contributed by atoms with van der Waals surface area (Å²) in [5.41, 5.74) is 2.71. The molecule has 2 heterocycles. The summed E-state index contributed by atoms with van der Waals surface area (Å²) in [6.45, 7) is 5.14. The minimum Gasteiger partial charge on any atom is -0.374 e. The molecule has 5 rings (SSSR count). The van der Waals surface area contributed by atoms with Gasteiger partial charge < -0.3 is 18.9 Å². The average Bonchev–Trinajstić information content (AvgIpc) is 3.49. The third kappa shape index (κ3) is 6.40. The van der Waals surface area contributed by atoms with E-state index in [2.05, 4.69) is 11.3 Å². The largest absolute Gasteiger partial charge is 0.374 e. The maximum absolute atomic E-state index is 12.9. The number of rotatable bonds is 12. The lowest BCUT2D eigenvalue weighted by Gasteiger charge is -2.24. The van der Waals surface area contributed by atoms with Crippen LogP contribution in [0.4, 0.5) is 0 Å². The SMILES string of the molecule is C=Cc1ccccc1S(=O)(=O)NC[C@@H]1C[C@@H]2O[C@H](COCc3ccccc3)[C@@H](OCc3ccccc3)[C@@H]2O1. The first-order chi connectivity index (χ1) is 18.5. The molecule has 0 bridgehead atoms. The summed E-state index contributed by atoms with van der Waals surface area (Å²) in [6.07, 6.45) is 0.651. The minimum absolute atomic E-state index is 0.144. The molecule has 3 aromatic rings. The predicted molar refractivity (Wildman–Crippen MR) is 145 cm³/mol. The monoisotopic (exact) mass is 535 g/mol. The van der Waals surface area contributed by atoms with Crippen LogP contribution in [0.25, 0.3) is 6.08 Å². The third-order valence-electron chi connectivity index (χ3n) is 6.86. The van der Waals surface area contributed by atoms with Gasteiger partial charge in [-0.25, -0.2) is 13.1 Å². The minimum atomic E-state index is -3.72. The van der Waals surface area contributed by atoms with Crippen LogP contribution >= 0.6 is 0 Å². The molecular formula is C30H33NO6S.